The molecule has 0 aromatic heterocycles. The summed E-state index contributed by atoms with van der Waals surface area (Å²) >= 11 is 0. The minimum atomic E-state index is -0.977. The average molecular weight is 262 g/mol. The van der Waals surface area contributed by atoms with Crippen LogP contribution in [-0.4, -0.2) is 42.0 Å². The number of rotatable bonds is 2. The Balaban J connectivity index is 2.33. The summed E-state index contributed by atoms with van der Waals surface area (Å²) < 4.78 is 0. The monoisotopic (exact) mass is 262 g/mol. The van der Waals surface area contributed by atoms with Crippen LogP contribution in [-0.2, 0) is 15.2 Å². The van der Waals surface area contributed by atoms with Gasteiger partial charge in [0, 0.05) is 25.8 Å². The normalized spacial score (nSPS) is 17.1. The van der Waals surface area contributed by atoms with Crippen molar-refractivity contribution in [3.05, 3.63) is 29.8 Å². The van der Waals surface area contributed by atoms with Crippen LogP contribution in [0.1, 0.15) is 19.4 Å². The highest BCUT2D eigenvalue weighted by Crippen LogP contribution is 2.25. The Hall–Kier alpha value is -1.88. The third kappa shape index (κ3) is 2.61. The van der Waals surface area contributed by atoms with E-state index in [9.17, 15) is 14.7 Å². The fourth-order valence-electron chi connectivity index (χ4n) is 2.03. The largest absolute Gasteiger partial charge is 0.386 e. The van der Waals surface area contributed by atoms with Crippen molar-refractivity contribution in [3.63, 3.8) is 0 Å². The molecular formula is C14H18N2O3. The maximum Gasteiger partial charge on any atom is 0.316 e. The first-order valence-corrected chi connectivity index (χ1v) is 6.20. The molecule has 0 bridgehead atoms. The van der Waals surface area contributed by atoms with Crippen molar-refractivity contribution in [3.8, 4) is 0 Å². The Morgan fingerprint density at radius 2 is 1.84 bits per heavy atom. The summed E-state index contributed by atoms with van der Waals surface area (Å²) in [5.74, 6) is -1.03. The number of hydrogen-bond acceptors (Lipinski definition) is 3. The van der Waals surface area contributed by atoms with Crippen LogP contribution < -0.4 is 4.90 Å². The SMILES string of the molecule is CN1CCN(c2cccc(C(C)(C)O)c2)C(=O)C1=O. The molecule has 1 fully saturated rings. The Morgan fingerprint density at radius 3 is 2.47 bits per heavy atom. The summed E-state index contributed by atoms with van der Waals surface area (Å²) in [6.07, 6.45) is 0. The zero-order valence-electron chi connectivity index (χ0n) is 11.4. The molecule has 0 radical (unpaired) electrons. The quantitative estimate of drug-likeness (QED) is 0.799. The highest BCUT2D eigenvalue weighted by molar-refractivity contribution is 6.40. The van der Waals surface area contributed by atoms with Gasteiger partial charge in [0.25, 0.3) is 0 Å². The van der Waals surface area contributed by atoms with Gasteiger partial charge in [-0.15, -0.1) is 0 Å². The minimum Gasteiger partial charge on any atom is -0.386 e. The van der Waals surface area contributed by atoms with Gasteiger partial charge in [0.15, 0.2) is 0 Å². The van der Waals surface area contributed by atoms with Crippen molar-refractivity contribution in [2.75, 3.05) is 25.0 Å². The van der Waals surface area contributed by atoms with Gasteiger partial charge in [-0.2, -0.15) is 0 Å². The van der Waals surface area contributed by atoms with Crippen molar-refractivity contribution < 1.29 is 14.7 Å². The Bertz CT molecular complexity index is 520. The average Bonchev–Trinajstić information content (AvgIpc) is 2.35. The van der Waals surface area contributed by atoms with Crippen LogP contribution in [0.5, 0.6) is 0 Å². The van der Waals surface area contributed by atoms with E-state index in [0.29, 0.717) is 24.3 Å². The van der Waals surface area contributed by atoms with Gasteiger partial charge in [-0.25, -0.2) is 0 Å². The van der Waals surface area contributed by atoms with Crippen molar-refractivity contribution >= 4 is 17.5 Å². The number of likely N-dealkylation sites (N-methyl/N-ethyl adjacent to an activating group) is 1. The van der Waals surface area contributed by atoms with Gasteiger partial charge >= 0.3 is 11.8 Å². The second-order valence-electron chi connectivity index (χ2n) is 5.29. The molecule has 1 aromatic carbocycles. The molecule has 2 amide bonds. The predicted molar refractivity (Wildman–Crippen MR) is 71.7 cm³/mol. The van der Waals surface area contributed by atoms with Crippen LogP contribution in [0, 0.1) is 0 Å². The van der Waals surface area contributed by atoms with E-state index in [1.807, 2.05) is 0 Å². The molecule has 1 saturated heterocycles. The lowest BCUT2D eigenvalue weighted by atomic mass is 9.98. The molecule has 1 aliphatic rings. The van der Waals surface area contributed by atoms with Crippen LogP contribution >= 0.6 is 0 Å². The van der Waals surface area contributed by atoms with Gasteiger partial charge in [-0.3, -0.25) is 9.59 Å². The fraction of sp³-hybridized carbons (Fsp3) is 0.429. The van der Waals surface area contributed by atoms with Gasteiger partial charge in [0.1, 0.15) is 0 Å². The van der Waals surface area contributed by atoms with Crippen molar-refractivity contribution in [2.24, 2.45) is 0 Å². The van der Waals surface area contributed by atoms with Crippen LogP contribution in [0.2, 0.25) is 0 Å². The first kappa shape index (κ1) is 13.5. The smallest absolute Gasteiger partial charge is 0.316 e. The van der Waals surface area contributed by atoms with Crippen LogP contribution in [0.4, 0.5) is 5.69 Å². The summed E-state index contributed by atoms with van der Waals surface area (Å²) in [5, 5.41) is 9.99. The number of carbonyl (C=O) groups is 2. The number of carbonyl (C=O) groups excluding carboxylic acids is 2. The Labute approximate surface area is 112 Å². The lowest BCUT2D eigenvalue weighted by molar-refractivity contribution is -0.145. The van der Waals surface area contributed by atoms with E-state index in [1.54, 1.807) is 45.2 Å². The van der Waals surface area contributed by atoms with E-state index in [4.69, 9.17) is 0 Å². The lowest BCUT2D eigenvalue weighted by Crippen LogP contribution is -2.53. The molecule has 102 valence electrons. The summed E-state index contributed by atoms with van der Waals surface area (Å²) in [7, 11) is 1.62. The highest BCUT2D eigenvalue weighted by Gasteiger charge is 2.31. The van der Waals surface area contributed by atoms with Gasteiger partial charge in [0.2, 0.25) is 0 Å². The van der Waals surface area contributed by atoms with Crippen LogP contribution in [0.15, 0.2) is 24.3 Å². The first-order valence-electron chi connectivity index (χ1n) is 6.20. The van der Waals surface area contributed by atoms with E-state index in [1.165, 1.54) is 9.80 Å². The summed E-state index contributed by atoms with van der Waals surface area (Å²) in [4.78, 5) is 26.5. The molecule has 2 rings (SSSR count). The van der Waals surface area contributed by atoms with Gasteiger partial charge in [0.05, 0.1) is 5.60 Å². The number of benzene rings is 1. The number of nitrogens with zero attached hydrogens (tertiary/aromatic N) is 2. The third-order valence-electron chi connectivity index (χ3n) is 3.30. The molecule has 5 heteroatoms. The molecule has 0 saturated carbocycles. The van der Waals surface area contributed by atoms with Gasteiger partial charge in [-0.1, -0.05) is 12.1 Å². The standard InChI is InChI=1S/C14H18N2O3/c1-14(2,19)10-5-4-6-11(9-10)16-8-7-15(3)12(17)13(16)18/h4-6,9,19H,7-8H2,1-3H3. The van der Waals surface area contributed by atoms with Crippen LogP contribution in [0.25, 0.3) is 0 Å². The molecule has 1 heterocycles. The fourth-order valence-corrected chi connectivity index (χ4v) is 2.03. The topological polar surface area (TPSA) is 60.9 Å². The zero-order chi connectivity index (χ0) is 14.2. The molecule has 5 nitrogen and oxygen atoms in total. The molecule has 0 aliphatic carbocycles. The number of aliphatic hydroxyl groups is 1. The van der Waals surface area contributed by atoms with Crippen molar-refractivity contribution in [1.82, 2.24) is 4.90 Å². The van der Waals surface area contributed by atoms with Crippen molar-refractivity contribution in [2.45, 2.75) is 19.4 Å². The van der Waals surface area contributed by atoms with E-state index in [2.05, 4.69) is 0 Å². The van der Waals surface area contributed by atoms with Gasteiger partial charge < -0.3 is 14.9 Å². The minimum absolute atomic E-state index is 0.469. The third-order valence-corrected chi connectivity index (χ3v) is 3.30. The van der Waals surface area contributed by atoms with E-state index < -0.39 is 17.4 Å². The maximum atomic E-state index is 12.0. The molecule has 0 spiro atoms. The zero-order valence-corrected chi connectivity index (χ0v) is 11.4. The molecule has 0 unspecified atom stereocenters. The predicted octanol–water partition coefficient (Wildman–Crippen LogP) is 0.719. The second kappa shape index (κ2) is 4.66. The number of amides is 2. The second-order valence-corrected chi connectivity index (χ2v) is 5.29. The van der Waals surface area contributed by atoms with Crippen LogP contribution in [0.3, 0.4) is 0 Å². The molecular weight excluding hydrogens is 244 g/mol. The van der Waals surface area contributed by atoms with E-state index >= 15 is 0 Å². The molecule has 19 heavy (non-hydrogen) atoms. The molecule has 1 aliphatic heterocycles. The summed E-state index contributed by atoms with van der Waals surface area (Å²) in [6, 6.07) is 7.09. The number of hydrogen-bond donors (Lipinski definition) is 1. The highest BCUT2D eigenvalue weighted by atomic mass is 16.3. The molecule has 0 atom stereocenters. The summed E-state index contributed by atoms with van der Waals surface area (Å²) in [5.41, 5.74) is 0.380. The Morgan fingerprint density at radius 1 is 1.16 bits per heavy atom. The number of anilines is 1. The Kier molecular flexibility index (Phi) is 3.32. The number of piperazine rings is 1. The molecule has 1 aromatic rings. The first-order chi connectivity index (χ1) is 8.80. The van der Waals surface area contributed by atoms with E-state index in [-0.39, 0.29) is 0 Å². The van der Waals surface area contributed by atoms with Crippen molar-refractivity contribution in [1.29, 1.82) is 0 Å². The van der Waals surface area contributed by atoms with Gasteiger partial charge in [-0.05, 0) is 31.5 Å². The molecule has 1 N–H and O–H groups in total. The maximum absolute atomic E-state index is 12.0. The summed E-state index contributed by atoms with van der Waals surface area (Å²) in [6.45, 7) is 4.35. The lowest BCUT2D eigenvalue weighted by Gasteiger charge is -2.32. The van der Waals surface area contributed by atoms with E-state index in [0.717, 1.165) is 0 Å².